The molecule has 3 aromatic heterocycles. The molecule has 0 bridgehead atoms. The Morgan fingerprint density at radius 1 is 1.24 bits per heavy atom. The summed E-state index contributed by atoms with van der Waals surface area (Å²) in [6.45, 7) is 3.38. The summed E-state index contributed by atoms with van der Waals surface area (Å²) < 4.78 is 7.71. The van der Waals surface area contributed by atoms with Crippen molar-refractivity contribution in [2.75, 3.05) is 11.9 Å². The van der Waals surface area contributed by atoms with Crippen molar-refractivity contribution in [2.45, 2.75) is 45.6 Å². The number of fused-ring (bicyclic) bond motifs is 1. The van der Waals surface area contributed by atoms with Crippen LogP contribution in [0.5, 0.6) is 5.75 Å². The maximum atomic E-state index is 12.2. The Hall–Kier alpha value is -2.96. The summed E-state index contributed by atoms with van der Waals surface area (Å²) in [7, 11) is 0. The first kappa shape index (κ1) is 18.1. The van der Waals surface area contributed by atoms with Gasteiger partial charge in [-0.05, 0) is 62.1 Å². The molecule has 2 saturated carbocycles. The summed E-state index contributed by atoms with van der Waals surface area (Å²) >= 11 is 0. The quantitative estimate of drug-likeness (QED) is 0.633. The van der Waals surface area contributed by atoms with Crippen LogP contribution in [-0.4, -0.2) is 32.3 Å². The minimum Gasteiger partial charge on any atom is -0.491 e. The third-order valence-corrected chi connectivity index (χ3v) is 5.53. The first-order valence-electron chi connectivity index (χ1n) is 10.3. The van der Waals surface area contributed by atoms with Gasteiger partial charge in [0.2, 0.25) is 5.91 Å². The third-order valence-electron chi connectivity index (χ3n) is 5.53. The smallest absolute Gasteiger partial charge is 0.225 e. The molecule has 7 nitrogen and oxygen atoms in total. The number of anilines is 1. The summed E-state index contributed by atoms with van der Waals surface area (Å²) in [5.74, 6) is 2.73. The summed E-state index contributed by atoms with van der Waals surface area (Å²) in [4.78, 5) is 21.1. The van der Waals surface area contributed by atoms with E-state index in [-0.39, 0.29) is 5.91 Å². The highest BCUT2D eigenvalue weighted by Gasteiger charge is 2.25. The highest BCUT2D eigenvalue weighted by atomic mass is 16.5. The number of hydrogen-bond donors (Lipinski definition) is 1. The molecule has 3 aromatic rings. The lowest BCUT2D eigenvalue weighted by molar-refractivity contribution is -0.116. The summed E-state index contributed by atoms with van der Waals surface area (Å²) in [6.07, 6.45) is 10.8. The van der Waals surface area contributed by atoms with Crippen molar-refractivity contribution < 1.29 is 9.53 Å². The number of rotatable bonds is 8. The molecule has 1 amide bonds. The fourth-order valence-electron chi connectivity index (χ4n) is 3.44. The van der Waals surface area contributed by atoms with Crippen molar-refractivity contribution in [2.24, 2.45) is 11.8 Å². The van der Waals surface area contributed by atoms with E-state index in [0.29, 0.717) is 24.7 Å². The highest BCUT2D eigenvalue weighted by molar-refractivity contribution is 5.99. The number of aryl methyl sites for hydroxylation is 1. The molecule has 150 valence electrons. The zero-order valence-electron chi connectivity index (χ0n) is 16.6. The average Bonchev–Trinajstić information content (AvgIpc) is 3.61. The van der Waals surface area contributed by atoms with Crippen LogP contribution in [-0.2, 0) is 11.3 Å². The zero-order chi connectivity index (χ0) is 19.8. The van der Waals surface area contributed by atoms with E-state index in [1.165, 1.54) is 12.8 Å². The Labute approximate surface area is 169 Å². The van der Waals surface area contributed by atoms with Crippen LogP contribution in [0, 0.1) is 18.8 Å². The van der Waals surface area contributed by atoms with Crippen molar-refractivity contribution >= 4 is 22.6 Å². The van der Waals surface area contributed by atoms with Crippen LogP contribution in [0.4, 0.5) is 5.82 Å². The van der Waals surface area contributed by atoms with Gasteiger partial charge in [-0.15, -0.1) is 0 Å². The molecule has 0 radical (unpaired) electrons. The third kappa shape index (κ3) is 4.39. The number of ether oxygens (including phenoxy) is 1. The number of pyridine rings is 2. The van der Waals surface area contributed by atoms with Gasteiger partial charge in [0.15, 0.2) is 0 Å². The minimum absolute atomic E-state index is 0.0272. The van der Waals surface area contributed by atoms with Crippen molar-refractivity contribution in [1.82, 2.24) is 19.7 Å². The standard InChI is InChI=1S/C22H25N5O2/c1-14-8-17(24-10-20(14)29-13-16-4-5-16)11-27-12-18-19(26-27)6-7-23-22(18)25-21(28)9-15-2-3-15/h6-8,10,12,15-16H,2-5,9,11,13H2,1H3,(H,23,25,28). The fraction of sp³-hybridized carbons (Fsp3) is 0.455. The lowest BCUT2D eigenvalue weighted by Gasteiger charge is -2.09. The first-order valence-corrected chi connectivity index (χ1v) is 10.3. The van der Waals surface area contributed by atoms with Crippen molar-refractivity contribution in [3.8, 4) is 5.75 Å². The second kappa shape index (κ2) is 7.46. The lowest BCUT2D eigenvalue weighted by atomic mass is 10.2. The van der Waals surface area contributed by atoms with Gasteiger partial charge in [-0.3, -0.25) is 14.5 Å². The number of amides is 1. The monoisotopic (exact) mass is 391 g/mol. The molecule has 2 aliphatic carbocycles. The van der Waals surface area contributed by atoms with Crippen LogP contribution in [0.1, 0.15) is 43.4 Å². The number of hydrogen-bond acceptors (Lipinski definition) is 5. The molecular formula is C22H25N5O2. The minimum atomic E-state index is 0.0272. The molecule has 0 spiro atoms. The van der Waals surface area contributed by atoms with E-state index >= 15 is 0 Å². The van der Waals surface area contributed by atoms with Gasteiger partial charge in [0.05, 0.1) is 35.9 Å². The Bertz CT molecular complexity index is 1050. The average molecular weight is 391 g/mol. The summed E-state index contributed by atoms with van der Waals surface area (Å²) in [5, 5.41) is 8.41. The lowest BCUT2D eigenvalue weighted by Crippen LogP contribution is -2.13. The molecule has 0 atom stereocenters. The first-order chi connectivity index (χ1) is 14.1. The van der Waals surface area contributed by atoms with Gasteiger partial charge in [-0.1, -0.05) is 0 Å². The van der Waals surface area contributed by atoms with Crippen molar-refractivity contribution in [3.05, 3.63) is 42.0 Å². The van der Waals surface area contributed by atoms with Crippen molar-refractivity contribution in [1.29, 1.82) is 0 Å². The van der Waals surface area contributed by atoms with E-state index in [0.717, 1.165) is 53.3 Å². The molecule has 0 unspecified atom stereocenters. The predicted octanol–water partition coefficient (Wildman–Crippen LogP) is 3.71. The SMILES string of the molecule is Cc1cc(Cn2cc3c(NC(=O)CC4CC4)nccc3n2)ncc1OCC1CC1. The number of nitrogens with zero attached hydrogens (tertiary/aromatic N) is 4. The van der Waals surface area contributed by atoms with Gasteiger partial charge < -0.3 is 10.1 Å². The normalized spacial score (nSPS) is 16.2. The maximum Gasteiger partial charge on any atom is 0.225 e. The Morgan fingerprint density at radius 2 is 2.07 bits per heavy atom. The molecule has 2 aliphatic rings. The second-order valence-corrected chi connectivity index (χ2v) is 8.31. The molecule has 2 fully saturated rings. The van der Waals surface area contributed by atoms with E-state index in [2.05, 4.69) is 20.4 Å². The molecule has 0 aliphatic heterocycles. The summed E-state index contributed by atoms with van der Waals surface area (Å²) in [6, 6.07) is 3.90. The van der Waals surface area contributed by atoms with E-state index in [4.69, 9.17) is 4.74 Å². The molecule has 1 N–H and O–H groups in total. The number of carbonyl (C=O) groups is 1. The Kier molecular flexibility index (Phi) is 4.66. The second-order valence-electron chi connectivity index (χ2n) is 8.31. The fourth-order valence-corrected chi connectivity index (χ4v) is 3.44. The number of aromatic nitrogens is 4. The van der Waals surface area contributed by atoms with Crippen LogP contribution in [0.25, 0.3) is 10.9 Å². The molecule has 0 aromatic carbocycles. The largest absolute Gasteiger partial charge is 0.491 e. The Balaban J connectivity index is 1.30. The topological polar surface area (TPSA) is 81.9 Å². The van der Waals surface area contributed by atoms with Gasteiger partial charge in [0, 0.05) is 18.8 Å². The van der Waals surface area contributed by atoms with Crippen LogP contribution in [0.3, 0.4) is 0 Å². The van der Waals surface area contributed by atoms with Crippen LogP contribution >= 0.6 is 0 Å². The number of nitrogens with one attached hydrogen (secondary N) is 1. The van der Waals surface area contributed by atoms with E-state index in [1.54, 1.807) is 12.4 Å². The van der Waals surface area contributed by atoms with E-state index < -0.39 is 0 Å². The summed E-state index contributed by atoms with van der Waals surface area (Å²) in [5.41, 5.74) is 2.81. The predicted molar refractivity (Wildman–Crippen MR) is 110 cm³/mol. The molecule has 7 heteroatoms. The van der Waals surface area contributed by atoms with Gasteiger partial charge in [0.25, 0.3) is 0 Å². The highest BCUT2D eigenvalue weighted by Crippen LogP contribution is 2.33. The molecule has 5 rings (SSSR count). The molecule has 3 heterocycles. The van der Waals surface area contributed by atoms with E-state index in [9.17, 15) is 4.79 Å². The van der Waals surface area contributed by atoms with E-state index in [1.807, 2.05) is 29.9 Å². The van der Waals surface area contributed by atoms with Crippen LogP contribution < -0.4 is 10.1 Å². The zero-order valence-corrected chi connectivity index (χ0v) is 16.6. The Morgan fingerprint density at radius 3 is 2.83 bits per heavy atom. The van der Waals surface area contributed by atoms with Crippen LogP contribution in [0.2, 0.25) is 0 Å². The molecule has 0 saturated heterocycles. The van der Waals surface area contributed by atoms with Crippen LogP contribution in [0.15, 0.2) is 30.7 Å². The van der Waals surface area contributed by atoms with Gasteiger partial charge in [-0.2, -0.15) is 5.10 Å². The van der Waals surface area contributed by atoms with Gasteiger partial charge in [-0.25, -0.2) is 4.98 Å². The maximum absolute atomic E-state index is 12.2. The van der Waals surface area contributed by atoms with Gasteiger partial charge in [0.1, 0.15) is 11.6 Å². The molecular weight excluding hydrogens is 366 g/mol. The van der Waals surface area contributed by atoms with Gasteiger partial charge >= 0.3 is 0 Å². The van der Waals surface area contributed by atoms with Crippen molar-refractivity contribution in [3.63, 3.8) is 0 Å². The molecule has 29 heavy (non-hydrogen) atoms. The number of carbonyl (C=O) groups excluding carboxylic acids is 1.